The largest absolute Gasteiger partial charge is 0.487 e. The van der Waals surface area contributed by atoms with Gasteiger partial charge in [-0.05, 0) is 67.2 Å². The minimum Gasteiger partial charge on any atom is -0.487 e. The van der Waals surface area contributed by atoms with Gasteiger partial charge in [-0.1, -0.05) is 42.5 Å². The van der Waals surface area contributed by atoms with Crippen LogP contribution in [0.4, 0.5) is 13.2 Å². The predicted octanol–water partition coefficient (Wildman–Crippen LogP) is 6.20. The van der Waals surface area contributed by atoms with Gasteiger partial charge in [0.2, 0.25) is 0 Å². The average Bonchev–Trinajstić information content (AvgIpc) is 3.47. The highest BCUT2D eigenvalue weighted by Crippen LogP contribution is 2.56. The Morgan fingerprint density at radius 1 is 1.03 bits per heavy atom. The zero-order valence-corrected chi connectivity index (χ0v) is 19.5. The molecule has 3 aromatic carbocycles. The highest BCUT2D eigenvalue weighted by molar-refractivity contribution is 6.05. The van der Waals surface area contributed by atoms with Gasteiger partial charge in [0.05, 0.1) is 11.1 Å². The summed E-state index contributed by atoms with van der Waals surface area (Å²) in [5.74, 6) is -0.797. The molecule has 188 valence electrons. The third-order valence-electron chi connectivity index (χ3n) is 7.72. The number of carbonyl (C=O) groups is 2. The van der Waals surface area contributed by atoms with E-state index in [-0.39, 0.29) is 17.9 Å². The number of benzene rings is 3. The normalized spacial score (nSPS) is 21.9. The van der Waals surface area contributed by atoms with Gasteiger partial charge in [-0.2, -0.15) is 13.2 Å². The Morgan fingerprint density at radius 2 is 1.72 bits per heavy atom. The molecular weight excluding hydrogens is 471 g/mol. The first-order chi connectivity index (χ1) is 17.2. The summed E-state index contributed by atoms with van der Waals surface area (Å²) in [4.78, 5) is 25.7. The molecule has 1 atom stereocenters. The molecule has 2 fully saturated rings. The number of nitrogens with one attached hydrogen (secondary N) is 1. The molecule has 2 aliphatic rings. The van der Waals surface area contributed by atoms with E-state index >= 15 is 0 Å². The maximum atomic E-state index is 13.4. The van der Waals surface area contributed by atoms with Gasteiger partial charge in [0.25, 0.3) is 5.91 Å². The molecule has 0 saturated heterocycles. The van der Waals surface area contributed by atoms with Crippen LogP contribution in [0, 0.1) is 11.3 Å². The highest BCUT2D eigenvalue weighted by atomic mass is 19.4. The van der Waals surface area contributed by atoms with Crippen LogP contribution in [-0.2, 0) is 17.6 Å². The summed E-state index contributed by atoms with van der Waals surface area (Å²) in [6, 6.07) is 14.3. The van der Waals surface area contributed by atoms with Crippen LogP contribution in [0.5, 0.6) is 5.75 Å². The maximum Gasteiger partial charge on any atom is 0.416 e. The molecule has 5 rings (SSSR count). The Morgan fingerprint density at radius 3 is 2.33 bits per heavy atom. The van der Waals surface area contributed by atoms with Gasteiger partial charge in [0, 0.05) is 10.8 Å². The molecule has 2 bridgehead atoms. The molecule has 1 amide bonds. The van der Waals surface area contributed by atoms with E-state index in [1.54, 1.807) is 24.3 Å². The third kappa shape index (κ3) is 4.52. The molecule has 2 aliphatic carbocycles. The summed E-state index contributed by atoms with van der Waals surface area (Å²) in [7, 11) is 0. The molecule has 5 nitrogen and oxygen atoms in total. The molecule has 0 aliphatic heterocycles. The zero-order chi connectivity index (χ0) is 25.5. The Labute approximate surface area is 206 Å². The lowest BCUT2D eigenvalue weighted by Gasteiger charge is -2.33. The lowest BCUT2D eigenvalue weighted by atomic mass is 9.77. The minimum absolute atomic E-state index is 0.0552. The molecule has 0 radical (unpaired) electrons. The number of fused-ring (bicyclic) bond motifs is 3. The van der Waals surface area contributed by atoms with Gasteiger partial charge in [0.1, 0.15) is 18.4 Å². The number of aliphatic carboxylic acids is 1. The number of rotatable bonds is 7. The number of alkyl halides is 3. The number of carbonyl (C=O) groups excluding carboxylic acids is 1. The van der Waals surface area contributed by atoms with Crippen molar-refractivity contribution < 1.29 is 32.6 Å². The molecule has 36 heavy (non-hydrogen) atoms. The summed E-state index contributed by atoms with van der Waals surface area (Å²) < 4.78 is 44.7. The lowest BCUT2D eigenvalue weighted by molar-refractivity contribution is -0.143. The minimum atomic E-state index is -4.43. The maximum absolute atomic E-state index is 13.4. The Kier molecular flexibility index (Phi) is 6.14. The van der Waals surface area contributed by atoms with Crippen molar-refractivity contribution in [2.75, 3.05) is 0 Å². The summed E-state index contributed by atoms with van der Waals surface area (Å²) in [6.07, 6.45) is -0.0968. The number of hydrogen-bond donors (Lipinski definition) is 2. The summed E-state index contributed by atoms with van der Waals surface area (Å²) >= 11 is 0. The average molecular weight is 498 g/mol. The summed E-state index contributed by atoms with van der Waals surface area (Å²) in [6.45, 7) is -0.0552. The second-order valence-electron chi connectivity index (χ2n) is 9.90. The van der Waals surface area contributed by atoms with E-state index in [4.69, 9.17) is 4.74 Å². The smallest absolute Gasteiger partial charge is 0.416 e. The number of halogens is 3. The van der Waals surface area contributed by atoms with E-state index < -0.39 is 35.1 Å². The van der Waals surface area contributed by atoms with Crippen LogP contribution in [0.3, 0.4) is 0 Å². The monoisotopic (exact) mass is 497 g/mol. The van der Waals surface area contributed by atoms with E-state index in [0.29, 0.717) is 16.9 Å². The van der Waals surface area contributed by atoms with Crippen LogP contribution in [0.1, 0.15) is 53.6 Å². The van der Waals surface area contributed by atoms with Gasteiger partial charge in [0.15, 0.2) is 0 Å². The van der Waals surface area contributed by atoms with Gasteiger partial charge in [-0.15, -0.1) is 0 Å². The van der Waals surface area contributed by atoms with Crippen molar-refractivity contribution in [1.82, 2.24) is 5.32 Å². The number of carboxylic acids is 1. The highest BCUT2D eigenvalue weighted by Gasteiger charge is 2.53. The van der Waals surface area contributed by atoms with Crippen LogP contribution in [-0.4, -0.2) is 23.0 Å². The standard InChI is InChI=1S/C28H26F3NO4/c29-28(30,31)20-8-5-18(6-9-20)16-36-23-21-4-2-1-3-19(21)7-10-22(23)25(33)32-24(26(34)35)27-13-11-17(15-27)12-14-27/h1-10,17,24H,11-16H2,(H,32,33)(H,34,35)/t17?,24-,27?/m1/s1. The molecule has 0 heterocycles. The first kappa shape index (κ1) is 24.2. The van der Waals surface area contributed by atoms with Gasteiger partial charge >= 0.3 is 12.1 Å². The number of carboxylic acid groups (broad SMARTS) is 1. The van der Waals surface area contributed by atoms with Crippen LogP contribution >= 0.6 is 0 Å². The number of ether oxygens (including phenoxy) is 1. The van der Waals surface area contributed by atoms with Crippen molar-refractivity contribution in [3.05, 3.63) is 77.4 Å². The van der Waals surface area contributed by atoms with E-state index in [0.717, 1.165) is 49.6 Å². The van der Waals surface area contributed by atoms with Gasteiger partial charge < -0.3 is 15.2 Å². The quantitative estimate of drug-likeness (QED) is 0.408. The van der Waals surface area contributed by atoms with Crippen molar-refractivity contribution in [3.8, 4) is 5.75 Å². The second-order valence-corrected chi connectivity index (χ2v) is 9.90. The molecule has 2 N–H and O–H groups in total. The third-order valence-corrected chi connectivity index (χ3v) is 7.72. The number of amides is 1. The second kappa shape index (κ2) is 9.15. The first-order valence-electron chi connectivity index (χ1n) is 12.0. The zero-order valence-electron chi connectivity index (χ0n) is 19.5. The molecule has 8 heteroatoms. The Bertz CT molecular complexity index is 1290. The SMILES string of the molecule is O=C(N[C@H](C(=O)O)C12CCC(CC1)C2)c1ccc2ccccc2c1OCc1ccc(C(F)(F)F)cc1. The van der Waals surface area contributed by atoms with Crippen LogP contribution in [0.15, 0.2) is 60.7 Å². The van der Waals surface area contributed by atoms with Crippen molar-refractivity contribution in [3.63, 3.8) is 0 Å². The predicted molar refractivity (Wildman–Crippen MR) is 128 cm³/mol. The number of hydrogen-bond acceptors (Lipinski definition) is 3. The van der Waals surface area contributed by atoms with E-state index in [1.165, 1.54) is 12.1 Å². The van der Waals surface area contributed by atoms with Crippen molar-refractivity contribution in [2.24, 2.45) is 11.3 Å². The van der Waals surface area contributed by atoms with Crippen molar-refractivity contribution in [2.45, 2.75) is 50.9 Å². The molecule has 2 saturated carbocycles. The fraction of sp³-hybridized carbons (Fsp3) is 0.357. The van der Waals surface area contributed by atoms with Crippen LogP contribution in [0.25, 0.3) is 10.8 Å². The van der Waals surface area contributed by atoms with E-state index in [2.05, 4.69) is 5.32 Å². The van der Waals surface area contributed by atoms with E-state index in [9.17, 15) is 27.9 Å². The van der Waals surface area contributed by atoms with E-state index in [1.807, 2.05) is 12.1 Å². The molecule has 3 aromatic rings. The molecule has 0 aromatic heterocycles. The molecule has 0 unspecified atom stereocenters. The Hall–Kier alpha value is -3.55. The fourth-order valence-electron chi connectivity index (χ4n) is 5.85. The summed E-state index contributed by atoms with van der Waals surface area (Å²) in [5.41, 5.74) is -0.482. The van der Waals surface area contributed by atoms with Crippen molar-refractivity contribution in [1.29, 1.82) is 0 Å². The van der Waals surface area contributed by atoms with Crippen LogP contribution in [0.2, 0.25) is 0 Å². The van der Waals surface area contributed by atoms with Crippen molar-refractivity contribution >= 4 is 22.6 Å². The molecule has 0 spiro atoms. The van der Waals surface area contributed by atoms with Gasteiger partial charge in [-0.3, -0.25) is 4.79 Å². The molecular formula is C28H26F3NO4. The summed E-state index contributed by atoms with van der Waals surface area (Å²) in [5, 5.41) is 14.2. The first-order valence-corrected chi connectivity index (χ1v) is 12.0. The fourth-order valence-corrected chi connectivity index (χ4v) is 5.85. The van der Waals surface area contributed by atoms with Gasteiger partial charge in [-0.25, -0.2) is 4.79 Å². The lowest BCUT2D eigenvalue weighted by Crippen LogP contribution is -2.51. The Balaban J connectivity index is 1.43. The topological polar surface area (TPSA) is 75.6 Å². The van der Waals surface area contributed by atoms with Crippen LogP contribution < -0.4 is 10.1 Å².